The third-order valence-corrected chi connectivity index (χ3v) is 10.0. The minimum atomic E-state index is 1.23. The molecule has 200 valence electrons. The molecule has 1 aliphatic rings. The van der Waals surface area contributed by atoms with Gasteiger partial charge < -0.3 is 0 Å². The summed E-state index contributed by atoms with van der Waals surface area (Å²) < 4.78 is 0. The van der Waals surface area contributed by atoms with Crippen molar-refractivity contribution < 1.29 is 0 Å². The van der Waals surface area contributed by atoms with E-state index in [0.29, 0.717) is 0 Å². The molecule has 0 saturated heterocycles. The lowest BCUT2D eigenvalue weighted by Gasteiger charge is -2.25. The summed E-state index contributed by atoms with van der Waals surface area (Å²) in [6, 6.07) is 57.9. The lowest BCUT2D eigenvalue weighted by Crippen LogP contribution is -1.97. The lowest BCUT2D eigenvalue weighted by atomic mass is 9.82. The van der Waals surface area contributed by atoms with E-state index in [2.05, 4.69) is 158 Å². The van der Waals surface area contributed by atoms with Gasteiger partial charge in [-0.25, -0.2) is 0 Å². The van der Waals surface area contributed by atoms with Crippen LogP contribution in [0.4, 0.5) is 0 Å². The Morgan fingerprint density at radius 2 is 0.860 bits per heavy atom. The highest BCUT2D eigenvalue weighted by Gasteiger charge is 2.25. The standard InChI is InChI=1S/C42H26S/c1-2-11-27(12-3-1)28-21-23-30(24-22-28)39-31-14-4-6-16-33(31)41(34-17-7-5-15-32(34)39)36-26-25-29-13-10-20-38-40(29)42(36)35-18-8-9-19-37(35)43-38/h1-26H. The van der Waals surface area contributed by atoms with Gasteiger partial charge in [-0.1, -0.05) is 157 Å². The van der Waals surface area contributed by atoms with Crippen molar-refractivity contribution in [2.24, 2.45) is 0 Å². The summed E-state index contributed by atoms with van der Waals surface area (Å²) in [7, 11) is 0. The van der Waals surface area contributed by atoms with Crippen LogP contribution in [0.2, 0.25) is 0 Å². The van der Waals surface area contributed by atoms with Gasteiger partial charge in [-0.15, -0.1) is 0 Å². The zero-order chi connectivity index (χ0) is 28.3. The van der Waals surface area contributed by atoms with Crippen LogP contribution in [0.1, 0.15) is 0 Å². The highest BCUT2D eigenvalue weighted by atomic mass is 32.2. The normalized spacial score (nSPS) is 12.1. The number of benzene rings is 8. The van der Waals surface area contributed by atoms with Crippen LogP contribution in [0.5, 0.6) is 0 Å². The fourth-order valence-electron chi connectivity index (χ4n) is 6.99. The Morgan fingerprint density at radius 3 is 1.58 bits per heavy atom. The summed E-state index contributed by atoms with van der Waals surface area (Å²) in [4.78, 5) is 2.65. The molecule has 0 radical (unpaired) electrons. The van der Waals surface area contributed by atoms with Crippen molar-refractivity contribution in [1.82, 2.24) is 0 Å². The smallest absolute Gasteiger partial charge is 0.0207 e. The van der Waals surface area contributed by atoms with E-state index in [-0.39, 0.29) is 0 Å². The van der Waals surface area contributed by atoms with E-state index in [9.17, 15) is 0 Å². The maximum Gasteiger partial charge on any atom is 0.0207 e. The van der Waals surface area contributed by atoms with E-state index < -0.39 is 0 Å². The van der Waals surface area contributed by atoms with E-state index in [0.717, 1.165) is 0 Å². The van der Waals surface area contributed by atoms with Crippen LogP contribution in [0.25, 0.3) is 76.8 Å². The number of hydrogen-bond donors (Lipinski definition) is 0. The highest BCUT2D eigenvalue weighted by molar-refractivity contribution is 7.99. The predicted molar refractivity (Wildman–Crippen MR) is 185 cm³/mol. The Balaban J connectivity index is 1.37. The van der Waals surface area contributed by atoms with Crippen LogP contribution in [0.3, 0.4) is 0 Å². The van der Waals surface area contributed by atoms with Gasteiger partial charge in [0.2, 0.25) is 0 Å². The molecule has 1 heteroatoms. The first-order chi connectivity index (χ1) is 21.3. The van der Waals surface area contributed by atoms with Crippen molar-refractivity contribution >= 4 is 44.1 Å². The third-order valence-electron chi connectivity index (χ3n) is 8.87. The average molecular weight is 563 g/mol. The van der Waals surface area contributed by atoms with E-state index in [4.69, 9.17) is 0 Å². The van der Waals surface area contributed by atoms with E-state index >= 15 is 0 Å². The first kappa shape index (κ1) is 24.5. The number of rotatable bonds is 3. The minimum Gasteiger partial charge on any atom is -0.0888 e. The van der Waals surface area contributed by atoms with Crippen LogP contribution in [-0.4, -0.2) is 0 Å². The summed E-state index contributed by atoms with van der Waals surface area (Å²) in [5.41, 5.74) is 10.3. The molecule has 0 aliphatic carbocycles. The minimum absolute atomic E-state index is 1.23. The number of hydrogen-bond acceptors (Lipinski definition) is 1. The van der Waals surface area contributed by atoms with Crippen LogP contribution in [0, 0.1) is 0 Å². The summed E-state index contributed by atoms with van der Waals surface area (Å²) in [5.74, 6) is 0. The lowest BCUT2D eigenvalue weighted by molar-refractivity contribution is 1.40. The summed E-state index contributed by atoms with van der Waals surface area (Å²) >= 11 is 1.89. The molecule has 0 spiro atoms. The van der Waals surface area contributed by atoms with Crippen LogP contribution < -0.4 is 0 Å². The van der Waals surface area contributed by atoms with Gasteiger partial charge in [0.25, 0.3) is 0 Å². The third kappa shape index (κ3) is 3.79. The van der Waals surface area contributed by atoms with E-state index in [1.165, 1.54) is 86.6 Å². The van der Waals surface area contributed by atoms with Gasteiger partial charge in [-0.3, -0.25) is 0 Å². The zero-order valence-electron chi connectivity index (χ0n) is 23.4. The summed E-state index contributed by atoms with van der Waals surface area (Å²) in [6.07, 6.45) is 0. The molecular weight excluding hydrogens is 537 g/mol. The van der Waals surface area contributed by atoms with Gasteiger partial charge in [0.05, 0.1) is 0 Å². The van der Waals surface area contributed by atoms with Crippen LogP contribution in [-0.2, 0) is 0 Å². The SMILES string of the molecule is c1ccc(-c2ccc(-c3c4ccccc4c(-c4ccc5cccc6c5c4-c4ccccc4S6)c4ccccc34)cc2)cc1. The van der Waals surface area contributed by atoms with Crippen LogP contribution in [0.15, 0.2) is 168 Å². The second kappa shape index (κ2) is 9.73. The second-order valence-corrected chi connectivity index (χ2v) is 12.3. The maximum atomic E-state index is 2.36. The monoisotopic (exact) mass is 562 g/mol. The van der Waals surface area contributed by atoms with Crippen molar-refractivity contribution in [3.8, 4) is 44.5 Å². The average Bonchev–Trinajstić information content (AvgIpc) is 3.08. The molecular formula is C42H26S. The summed E-state index contributed by atoms with van der Waals surface area (Å²) in [5, 5.41) is 7.78. The van der Waals surface area contributed by atoms with Crippen LogP contribution >= 0.6 is 11.8 Å². The van der Waals surface area contributed by atoms with Crippen molar-refractivity contribution in [3.63, 3.8) is 0 Å². The van der Waals surface area contributed by atoms with Crippen molar-refractivity contribution in [2.45, 2.75) is 9.79 Å². The Hall–Kier alpha value is -5.11. The zero-order valence-corrected chi connectivity index (χ0v) is 24.2. The Labute approximate surface area is 255 Å². The Kier molecular flexibility index (Phi) is 5.54. The molecule has 1 aliphatic heterocycles. The topological polar surface area (TPSA) is 0 Å². The maximum absolute atomic E-state index is 2.36. The molecule has 9 rings (SSSR count). The Morgan fingerprint density at radius 1 is 0.302 bits per heavy atom. The molecule has 0 saturated carbocycles. The molecule has 0 bridgehead atoms. The van der Waals surface area contributed by atoms with Gasteiger partial charge in [0.15, 0.2) is 0 Å². The molecule has 1 heterocycles. The summed E-state index contributed by atoms with van der Waals surface area (Å²) in [6.45, 7) is 0. The molecule has 0 amide bonds. The molecule has 0 atom stereocenters. The molecule has 8 aromatic rings. The first-order valence-corrected chi connectivity index (χ1v) is 15.6. The predicted octanol–water partition coefficient (Wildman–Crippen LogP) is 12.3. The fourth-order valence-corrected chi connectivity index (χ4v) is 8.12. The molecule has 0 N–H and O–H groups in total. The van der Waals surface area contributed by atoms with Crippen molar-refractivity contribution in [2.75, 3.05) is 0 Å². The van der Waals surface area contributed by atoms with Gasteiger partial charge in [0.1, 0.15) is 0 Å². The quantitative estimate of drug-likeness (QED) is 0.193. The largest absolute Gasteiger partial charge is 0.0888 e. The van der Waals surface area contributed by atoms with Gasteiger partial charge >= 0.3 is 0 Å². The molecule has 43 heavy (non-hydrogen) atoms. The molecule has 0 aromatic heterocycles. The van der Waals surface area contributed by atoms with Crippen molar-refractivity contribution in [1.29, 1.82) is 0 Å². The molecule has 0 fully saturated rings. The molecule has 0 unspecified atom stereocenters. The number of fused-ring (bicyclic) bond motifs is 4. The second-order valence-electron chi connectivity index (χ2n) is 11.2. The molecule has 0 nitrogen and oxygen atoms in total. The van der Waals surface area contributed by atoms with E-state index in [1.807, 2.05) is 11.8 Å². The first-order valence-electron chi connectivity index (χ1n) is 14.8. The Bertz CT molecular complexity index is 2290. The van der Waals surface area contributed by atoms with Gasteiger partial charge in [-0.05, 0) is 83.6 Å². The van der Waals surface area contributed by atoms with Gasteiger partial charge in [0, 0.05) is 15.2 Å². The van der Waals surface area contributed by atoms with Crippen molar-refractivity contribution in [3.05, 3.63) is 158 Å². The highest BCUT2D eigenvalue weighted by Crippen LogP contribution is 2.53. The van der Waals surface area contributed by atoms with E-state index in [1.54, 1.807) is 0 Å². The van der Waals surface area contributed by atoms with Gasteiger partial charge in [-0.2, -0.15) is 0 Å². The fraction of sp³-hybridized carbons (Fsp3) is 0. The molecule has 8 aromatic carbocycles.